The number of hydrogen-bond donors (Lipinski definition) is 1. The highest BCUT2D eigenvalue weighted by Gasteiger charge is 2.31. The number of nitrogens with zero attached hydrogens (tertiary/aromatic N) is 2. The Kier molecular flexibility index (Phi) is 6.21. The van der Waals surface area contributed by atoms with Crippen LogP contribution in [-0.2, 0) is 14.4 Å². The molecular weight excluding hydrogens is 326 g/mol. The Morgan fingerprint density at radius 1 is 1.38 bits per heavy atom. The fraction of sp³-hybridized carbons (Fsp3) is 0.706. The van der Waals surface area contributed by atoms with Crippen LogP contribution in [0.2, 0.25) is 0 Å². The van der Waals surface area contributed by atoms with E-state index in [1.807, 2.05) is 0 Å². The molecule has 0 amide bonds. The second-order valence-electron chi connectivity index (χ2n) is 7.18. The lowest BCUT2D eigenvalue weighted by atomic mass is 9.72. The number of rotatable bonds is 5. The van der Waals surface area contributed by atoms with Crippen molar-refractivity contribution >= 4 is 28.1 Å². The number of aromatic nitrogens is 1. The van der Waals surface area contributed by atoms with Gasteiger partial charge in [-0.05, 0) is 43.9 Å². The van der Waals surface area contributed by atoms with Gasteiger partial charge in [-0.1, -0.05) is 25.9 Å². The van der Waals surface area contributed by atoms with Crippen molar-refractivity contribution in [1.29, 1.82) is 0 Å². The second kappa shape index (κ2) is 7.96. The van der Waals surface area contributed by atoms with Gasteiger partial charge in [0.2, 0.25) is 5.71 Å². The van der Waals surface area contributed by atoms with E-state index in [0.717, 1.165) is 25.7 Å². The maximum absolute atomic E-state index is 12.1. The van der Waals surface area contributed by atoms with Gasteiger partial charge in [-0.25, -0.2) is 9.78 Å². The number of ether oxygens (including phenoxy) is 1. The van der Waals surface area contributed by atoms with Gasteiger partial charge in [0.15, 0.2) is 5.13 Å². The first-order valence-electron chi connectivity index (χ1n) is 8.43. The van der Waals surface area contributed by atoms with E-state index in [1.54, 1.807) is 12.3 Å². The predicted octanol–water partition coefficient (Wildman–Crippen LogP) is 3.61. The van der Waals surface area contributed by atoms with Gasteiger partial charge >= 0.3 is 5.97 Å². The van der Waals surface area contributed by atoms with Gasteiger partial charge in [0.25, 0.3) is 0 Å². The zero-order valence-corrected chi connectivity index (χ0v) is 15.7. The number of nitrogens with two attached hydrogens (primary N) is 1. The van der Waals surface area contributed by atoms with Gasteiger partial charge in [0.05, 0.1) is 6.61 Å². The summed E-state index contributed by atoms with van der Waals surface area (Å²) < 4.78 is 5.04. The summed E-state index contributed by atoms with van der Waals surface area (Å²) in [4.78, 5) is 21.9. The van der Waals surface area contributed by atoms with Gasteiger partial charge in [0.1, 0.15) is 11.8 Å². The first kappa shape index (κ1) is 18.7. The maximum Gasteiger partial charge on any atom is 0.362 e. The van der Waals surface area contributed by atoms with Crippen LogP contribution in [0, 0.1) is 11.3 Å². The molecule has 7 heteroatoms. The van der Waals surface area contributed by atoms with Crippen LogP contribution in [0.1, 0.15) is 59.1 Å². The van der Waals surface area contributed by atoms with Crippen LogP contribution in [0.4, 0.5) is 5.13 Å². The fourth-order valence-corrected chi connectivity index (χ4v) is 3.49. The van der Waals surface area contributed by atoms with Crippen molar-refractivity contribution in [3.8, 4) is 0 Å². The minimum Gasteiger partial charge on any atom is -0.461 e. The summed E-state index contributed by atoms with van der Waals surface area (Å²) in [5, 5.41) is 6.14. The lowest BCUT2D eigenvalue weighted by molar-refractivity contribution is -0.135. The topological polar surface area (TPSA) is 86.8 Å². The highest BCUT2D eigenvalue weighted by atomic mass is 32.1. The van der Waals surface area contributed by atoms with Crippen molar-refractivity contribution in [2.24, 2.45) is 16.5 Å². The van der Waals surface area contributed by atoms with Crippen LogP contribution in [0.3, 0.4) is 0 Å². The van der Waals surface area contributed by atoms with E-state index in [1.165, 1.54) is 11.3 Å². The monoisotopic (exact) mass is 353 g/mol. The van der Waals surface area contributed by atoms with E-state index >= 15 is 0 Å². The normalized spacial score (nSPS) is 22.2. The molecule has 0 spiro atoms. The number of oxime groups is 1. The van der Waals surface area contributed by atoms with Crippen molar-refractivity contribution < 1.29 is 14.4 Å². The maximum atomic E-state index is 12.1. The Balaban J connectivity index is 2.02. The molecular formula is C17H27N3O3S. The molecule has 0 atom stereocenters. The van der Waals surface area contributed by atoms with Gasteiger partial charge < -0.3 is 15.3 Å². The van der Waals surface area contributed by atoms with Gasteiger partial charge in [-0.15, -0.1) is 11.3 Å². The highest BCUT2D eigenvalue weighted by Crippen LogP contribution is 2.38. The van der Waals surface area contributed by atoms with Crippen LogP contribution in [0.15, 0.2) is 10.5 Å². The van der Waals surface area contributed by atoms with Crippen LogP contribution in [-0.4, -0.2) is 29.4 Å². The highest BCUT2D eigenvalue weighted by molar-refractivity contribution is 7.13. The summed E-state index contributed by atoms with van der Waals surface area (Å²) in [6, 6.07) is 0. The van der Waals surface area contributed by atoms with Crippen molar-refractivity contribution in [2.45, 2.75) is 59.5 Å². The van der Waals surface area contributed by atoms with E-state index < -0.39 is 5.97 Å². The van der Waals surface area contributed by atoms with Gasteiger partial charge in [-0.3, -0.25) is 0 Å². The van der Waals surface area contributed by atoms with E-state index in [0.29, 0.717) is 22.2 Å². The molecule has 1 saturated carbocycles. The number of thiazole rings is 1. The number of carbonyl (C=O) groups is 1. The molecule has 6 nitrogen and oxygen atoms in total. The molecule has 1 aliphatic rings. The number of nitrogen functional groups attached to an aromatic ring is 1. The molecule has 0 unspecified atom stereocenters. The first-order chi connectivity index (χ1) is 11.3. The average molecular weight is 353 g/mol. The fourth-order valence-electron chi connectivity index (χ4n) is 2.95. The third kappa shape index (κ3) is 4.93. The van der Waals surface area contributed by atoms with Crippen molar-refractivity contribution in [3.05, 3.63) is 11.1 Å². The van der Waals surface area contributed by atoms with Crippen molar-refractivity contribution in [3.63, 3.8) is 0 Å². The molecule has 0 saturated heterocycles. The molecule has 2 N–H and O–H groups in total. The van der Waals surface area contributed by atoms with E-state index in [4.69, 9.17) is 15.3 Å². The minimum absolute atomic E-state index is 0.0315. The van der Waals surface area contributed by atoms with E-state index in [9.17, 15) is 4.79 Å². The van der Waals surface area contributed by atoms with Crippen LogP contribution < -0.4 is 5.73 Å². The Labute approximate surface area is 147 Å². The third-order valence-electron chi connectivity index (χ3n) is 4.43. The Bertz CT molecular complexity index is 584. The molecule has 0 aliphatic heterocycles. The minimum atomic E-state index is -0.536. The summed E-state index contributed by atoms with van der Waals surface area (Å²) in [7, 11) is 0. The number of anilines is 1. The van der Waals surface area contributed by atoms with Gasteiger partial charge in [-0.2, -0.15) is 0 Å². The smallest absolute Gasteiger partial charge is 0.362 e. The lowest BCUT2D eigenvalue weighted by Gasteiger charge is -2.36. The molecule has 1 heterocycles. The molecule has 0 aromatic carbocycles. The standard InChI is InChI=1S/C17H27N3O3S/c1-5-22-15(21)14(13-10-24-16(18)19-13)20-23-12-8-6-11(7-9-12)17(2,3)4/h10-12H,5-9H2,1-4H3,(H2,18,19)/b20-14-/t11-,12-. The number of carbonyl (C=O) groups excluding carboxylic acids is 1. The largest absolute Gasteiger partial charge is 0.461 e. The third-order valence-corrected chi connectivity index (χ3v) is 5.10. The second-order valence-corrected chi connectivity index (χ2v) is 8.07. The molecule has 1 aliphatic carbocycles. The molecule has 134 valence electrons. The summed E-state index contributed by atoms with van der Waals surface area (Å²) >= 11 is 1.26. The lowest BCUT2D eigenvalue weighted by Crippen LogP contribution is -2.29. The predicted molar refractivity (Wildman–Crippen MR) is 96.0 cm³/mol. The first-order valence-corrected chi connectivity index (χ1v) is 9.31. The molecule has 0 bridgehead atoms. The van der Waals surface area contributed by atoms with Crippen LogP contribution in [0.5, 0.6) is 0 Å². The van der Waals surface area contributed by atoms with Crippen molar-refractivity contribution in [2.75, 3.05) is 12.3 Å². The summed E-state index contributed by atoms with van der Waals surface area (Å²) in [6.45, 7) is 8.86. The van der Waals surface area contributed by atoms with Crippen molar-refractivity contribution in [1.82, 2.24) is 4.98 Å². The number of hydrogen-bond acceptors (Lipinski definition) is 7. The quantitative estimate of drug-likeness (QED) is 0.496. The SMILES string of the molecule is CCOC(=O)/C(=N\O[C@H]1CC[C@H](C(C)(C)C)CC1)c1csc(N)n1. The molecule has 1 aromatic heterocycles. The average Bonchev–Trinajstić information content (AvgIpc) is 2.93. The number of esters is 1. The van der Waals surface area contributed by atoms with Gasteiger partial charge in [0, 0.05) is 5.38 Å². The Morgan fingerprint density at radius 2 is 2.04 bits per heavy atom. The van der Waals surface area contributed by atoms with E-state index in [-0.39, 0.29) is 18.4 Å². The zero-order chi connectivity index (χ0) is 17.7. The molecule has 1 aromatic rings. The van der Waals surface area contributed by atoms with E-state index in [2.05, 4.69) is 30.9 Å². The Hall–Kier alpha value is -1.63. The van der Waals surface area contributed by atoms with Crippen LogP contribution in [0.25, 0.3) is 0 Å². The molecule has 0 radical (unpaired) electrons. The molecule has 24 heavy (non-hydrogen) atoms. The molecule has 1 fully saturated rings. The Morgan fingerprint density at radius 3 is 2.54 bits per heavy atom. The summed E-state index contributed by atoms with van der Waals surface area (Å²) in [6.07, 6.45) is 4.15. The molecule has 2 rings (SSSR count). The zero-order valence-electron chi connectivity index (χ0n) is 14.9. The van der Waals surface area contributed by atoms with Crippen LogP contribution >= 0.6 is 11.3 Å². The summed E-state index contributed by atoms with van der Waals surface area (Å²) in [5.74, 6) is 0.162. The summed E-state index contributed by atoms with van der Waals surface area (Å²) in [5.41, 5.74) is 6.45.